The molecule has 0 aliphatic carbocycles. The van der Waals surface area contributed by atoms with Gasteiger partial charge in [0.2, 0.25) is 0 Å². The summed E-state index contributed by atoms with van der Waals surface area (Å²) >= 11 is 0. The minimum Gasteiger partial charge on any atom is -0.489 e. The number of hydrogen-bond acceptors (Lipinski definition) is 8. The first-order valence-corrected chi connectivity index (χ1v) is 10.5. The normalized spacial score (nSPS) is 15.1. The average Bonchev–Trinajstić information content (AvgIpc) is 2.69. The summed E-state index contributed by atoms with van der Waals surface area (Å²) in [6.45, 7) is 11.5. The highest BCUT2D eigenvalue weighted by Gasteiger charge is 2.28. The molecule has 8 nitrogen and oxygen atoms in total. The van der Waals surface area contributed by atoms with Crippen LogP contribution < -0.4 is 9.64 Å². The highest BCUT2D eigenvalue weighted by Crippen LogP contribution is 2.34. The van der Waals surface area contributed by atoms with Gasteiger partial charge in [-0.05, 0) is 46.9 Å². The largest absolute Gasteiger partial charge is 0.489 e. The van der Waals surface area contributed by atoms with Crippen LogP contribution in [0, 0.1) is 5.92 Å². The molecule has 0 amide bonds. The van der Waals surface area contributed by atoms with Crippen LogP contribution in [0.25, 0.3) is 0 Å². The van der Waals surface area contributed by atoms with Gasteiger partial charge in [0.1, 0.15) is 5.75 Å². The lowest BCUT2D eigenvalue weighted by Gasteiger charge is -2.35. The van der Waals surface area contributed by atoms with Crippen molar-refractivity contribution in [1.29, 1.82) is 0 Å². The highest BCUT2D eigenvalue weighted by atomic mass is 16.6. The van der Waals surface area contributed by atoms with Gasteiger partial charge in [0, 0.05) is 38.5 Å². The Morgan fingerprint density at radius 3 is 2.20 bits per heavy atom. The maximum Gasteiger partial charge on any atom is 0.325 e. The third-order valence-corrected chi connectivity index (χ3v) is 4.60. The summed E-state index contributed by atoms with van der Waals surface area (Å²) in [4.78, 5) is 33.2. The first kappa shape index (κ1) is 23.7. The summed E-state index contributed by atoms with van der Waals surface area (Å²) in [5.41, 5.74) is 1.60. The van der Waals surface area contributed by atoms with Crippen LogP contribution in [0.3, 0.4) is 0 Å². The van der Waals surface area contributed by atoms with Crippen molar-refractivity contribution in [2.45, 2.75) is 33.8 Å². The zero-order valence-corrected chi connectivity index (χ0v) is 18.6. The van der Waals surface area contributed by atoms with Gasteiger partial charge in [-0.2, -0.15) is 0 Å². The molecule has 166 valence electrons. The molecule has 1 aliphatic rings. The quantitative estimate of drug-likeness (QED) is 0.346. The Balaban J connectivity index is 2.26. The molecule has 0 atom stereocenters. The van der Waals surface area contributed by atoms with Crippen LogP contribution in [0.1, 0.15) is 27.7 Å². The van der Waals surface area contributed by atoms with Crippen molar-refractivity contribution >= 4 is 29.5 Å². The summed E-state index contributed by atoms with van der Waals surface area (Å²) in [5.74, 6) is -1.82. The molecule has 0 aromatic heterocycles. The van der Waals surface area contributed by atoms with E-state index in [2.05, 4.69) is 21.8 Å². The molecular weight excluding hydrogens is 386 g/mol. The van der Waals surface area contributed by atoms with Crippen LogP contribution >= 0.6 is 0 Å². The fourth-order valence-corrected chi connectivity index (χ4v) is 3.08. The number of anilines is 1. The molecule has 8 heteroatoms. The molecule has 0 spiro atoms. The molecule has 1 heterocycles. The van der Waals surface area contributed by atoms with E-state index in [1.807, 2.05) is 32.0 Å². The summed E-state index contributed by atoms with van der Waals surface area (Å²) in [7, 11) is 2.12. The van der Waals surface area contributed by atoms with Crippen LogP contribution in [0.4, 0.5) is 11.4 Å². The fraction of sp³-hybridized carbons (Fsp3) is 0.591. The van der Waals surface area contributed by atoms with E-state index in [1.165, 1.54) is 6.21 Å². The van der Waals surface area contributed by atoms with Gasteiger partial charge in [0.25, 0.3) is 0 Å². The van der Waals surface area contributed by atoms with Gasteiger partial charge in [0.15, 0.2) is 5.92 Å². The number of piperazine rings is 1. The third-order valence-electron chi connectivity index (χ3n) is 4.60. The fourth-order valence-electron chi connectivity index (χ4n) is 3.08. The molecule has 0 bridgehead atoms. The minimum atomic E-state index is -1.20. The van der Waals surface area contributed by atoms with Crippen LogP contribution in [0.5, 0.6) is 5.75 Å². The molecule has 0 N–H and O–H groups in total. The van der Waals surface area contributed by atoms with E-state index in [4.69, 9.17) is 14.2 Å². The number of rotatable bonds is 9. The lowest BCUT2D eigenvalue weighted by atomic mass is 10.1. The Kier molecular flexibility index (Phi) is 9.11. The Hall–Kier alpha value is -2.61. The molecule has 1 saturated heterocycles. The zero-order chi connectivity index (χ0) is 22.1. The number of aliphatic imine (C=N–C) groups is 1. The van der Waals surface area contributed by atoms with E-state index in [-0.39, 0.29) is 19.3 Å². The van der Waals surface area contributed by atoms with Crippen molar-refractivity contribution in [2.75, 3.05) is 51.3 Å². The van der Waals surface area contributed by atoms with Gasteiger partial charge in [-0.3, -0.25) is 14.6 Å². The van der Waals surface area contributed by atoms with E-state index in [0.717, 1.165) is 37.6 Å². The smallest absolute Gasteiger partial charge is 0.325 e. The number of esters is 2. The number of hydrogen-bond donors (Lipinski definition) is 0. The monoisotopic (exact) mass is 419 g/mol. The van der Waals surface area contributed by atoms with Crippen LogP contribution in [0.2, 0.25) is 0 Å². The SMILES string of the molecule is CCOC(=O)C(C=Nc1ccc(N2CCN(C)CC2)c(OC(C)C)c1)C(=O)OCC. The van der Waals surface area contributed by atoms with Gasteiger partial charge in [-0.1, -0.05) is 0 Å². The first-order chi connectivity index (χ1) is 14.3. The molecule has 1 fully saturated rings. The Bertz CT molecular complexity index is 724. The summed E-state index contributed by atoms with van der Waals surface area (Å²) in [6, 6.07) is 5.65. The summed E-state index contributed by atoms with van der Waals surface area (Å²) in [6.07, 6.45) is 1.28. The second-order valence-electron chi connectivity index (χ2n) is 7.37. The number of carbonyl (C=O) groups excluding carboxylic acids is 2. The molecule has 1 aliphatic heterocycles. The van der Waals surface area contributed by atoms with Crippen molar-refractivity contribution in [1.82, 2.24) is 4.90 Å². The molecule has 2 rings (SSSR count). The lowest BCUT2D eigenvalue weighted by Crippen LogP contribution is -2.44. The topological polar surface area (TPSA) is 80.7 Å². The maximum absolute atomic E-state index is 12.1. The van der Waals surface area contributed by atoms with Gasteiger partial charge in [-0.25, -0.2) is 0 Å². The van der Waals surface area contributed by atoms with E-state index < -0.39 is 17.9 Å². The molecule has 30 heavy (non-hydrogen) atoms. The van der Waals surface area contributed by atoms with Crippen molar-refractivity contribution in [2.24, 2.45) is 10.9 Å². The molecular formula is C22H33N3O5. The maximum atomic E-state index is 12.1. The number of ether oxygens (including phenoxy) is 3. The van der Waals surface area contributed by atoms with Crippen LogP contribution in [0.15, 0.2) is 23.2 Å². The van der Waals surface area contributed by atoms with E-state index in [9.17, 15) is 9.59 Å². The second-order valence-corrected chi connectivity index (χ2v) is 7.37. The highest BCUT2D eigenvalue weighted by molar-refractivity contribution is 6.09. The van der Waals surface area contributed by atoms with E-state index in [0.29, 0.717) is 5.69 Å². The zero-order valence-electron chi connectivity index (χ0n) is 18.6. The second kappa shape index (κ2) is 11.5. The average molecular weight is 420 g/mol. The summed E-state index contributed by atoms with van der Waals surface area (Å²) in [5, 5.41) is 0. The van der Waals surface area contributed by atoms with Gasteiger partial charge < -0.3 is 24.0 Å². The Morgan fingerprint density at radius 2 is 1.67 bits per heavy atom. The third kappa shape index (κ3) is 6.73. The van der Waals surface area contributed by atoms with Gasteiger partial charge in [0.05, 0.1) is 30.7 Å². The predicted molar refractivity (Wildman–Crippen MR) is 117 cm³/mol. The molecule has 0 unspecified atom stereocenters. The lowest BCUT2D eigenvalue weighted by molar-refractivity contribution is -0.157. The van der Waals surface area contributed by atoms with Gasteiger partial charge in [-0.15, -0.1) is 0 Å². The van der Waals surface area contributed by atoms with Crippen molar-refractivity contribution in [3.8, 4) is 5.75 Å². The first-order valence-electron chi connectivity index (χ1n) is 10.5. The van der Waals surface area contributed by atoms with E-state index in [1.54, 1.807) is 13.8 Å². The Labute approximate surface area is 178 Å². The number of benzene rings is 1. The van der Waals surface area contributed by atoms with E-state index >= 15 is 0 Å². The van der Waals surface area contributed by atoms with Crippen LogP contribution in [-0.4, -0.2) is 75.6 Å². The molecule has 1 aromatic carbocycles. The van der Waals surface area contributed by atoms with Crippen molar-refractivity contribution < 1.29 is 23.8 Å². The van der Waals surface area contributed by atoms with Crippen molar-refractivity contribution in [3.05, 3.63) is 18.2 Å². The molecule has 0 radical (unpaired) electrons. The molecule has 0 saturated carbocycles. The number of carbonyl (C=O) groups is 2. The number of likely N-dealkylation sites (N-methyl/N-ethyl adjacent to an activating group) is 1. The summed E-state index contributed by atoms with van der Waals surface area (Å²) < 4.78 is 16.0. The predicted octanol–water partition coefficient (Wildman–Crippen LogP) is 2.67. The standard InChI is InChI=1S/C22H33N3O5/c1-6-28-21(26)18(22(27)29-7-2)15-23-17-8-9-19(20(14-17)30-16(3)4)25-12-10-24(5)11-13-25/h8-9,14-16,18H,6-7,10-13H2,1-5H3. The Morgan fingerprint density at radius 1 is 1.07 bits per heavy atom. The number of nitrogens with zero attached hydrogens (tertiary/aromatic N) is 3. The van der Waals surface area contributed by atoms with Gasteiger partial charge >= 0.3 is 11.9 Å². The minimum absolute atomic E-state index is 0.00209. The van der Waals surface area contributed by atoms with Crippen molar-refractivity contribution in [3.63, 3.8) is 0 Å². The van der Waals surface area contributed by atoms with Crippen LogP contribution in [-0.2, 0) is 19.1 Å². The molecule has 1 aromatic rings.